The Morgan fingerprint density at radius 2 is 1.85 bits per heavy atom. The van der Waals surface area contributed by atoms with Crippen LogP contribution in [-0.2, 0) is 4.79 Å². The summed E-state index contributed by atoms with van der Waals surface area (Å²) >= 11 is 0. The normalized spacial score (nSPS) is 9.75. The molecule has 2 N–H and O–H groups in total. The lowest BCUT2D eigenvalue weighted by Gasteiger charge is -2.12. The van der Waals surface area contributed by atoms with Crippen molar-refractivity contribution in [2.45, 2.75) is 26.7 Å². The summed E-state index contributed by atoms with van der Waals surface area (Å²) in [4.78, 5) is 11.5. The van der Waals surface area contributed by atoms with E-state index in [9.17, 15) is 4.79 Å². The van der Waals surface area contributed by atoms with Crippen molar-refractivity contribution < 1.29 is 9.53 Å². The number of ether oxygens (including phenoxy) is 1. The van der Waals surface area contributed by atoms with Crippen molar-refractivity contribution in [2.24, 2.45) is 0 Å². The fourth-order valence-electron chi connectivity index (χ4n) is 1.88. The molecular weight excluding hydrogens is 276 g/mol. The molecule has 1 aromatic rings. The highest BCUT2D eigenvalue weighted by Crippen LogP contribution is 2.21. The van der Waals surface area contributed by atoms with Gasteiger partial charge in [-0.1, -0.05) is 18.2 Å². The van der Waals surface area contributed by atoms with Crippen molar-refractivity contribution in [3.05, 3.63) is 29.3 Å². The molecule has 0 aliphatic carbocycles. The van der Waals surface area contributed by atoms with Crippen LogP contribution in [-0.4, -0.2) is 32.7 Å². The lowest BCUT2D eigenvalue weighted by molar-refractivity contribution is -0.121. The molecule has 114 valence electrons. The molecule has 0 heterocycles. The van der Waals surface area contributed by atoms with Gasteiger partial charge < -0.3 is 15.4 Å². The van der Waals surface area contributed by atoms with Gasteiger partial charge in [-0.2, -0.15) is 0 Å². The van der Waals surface area contributed by atoms with Crippen molar-refractivity contribution in [1.82, 2.24) is 10.6 Å². The molecule has 0 radical (unpaired) electrons. The van der Waals surface area contributed by atoms with Crippen LogP contribution in [0.5, 0.6) is 5.75 Å². The van der Waals surface area contributed by atoms with Gasteiger partial charge in [-0.3, -0.25) is 4.79 Å². The Bertz CT molecular complexity index is 391. The highest BCUT2D eigenvalue weighted by molar-refractivity contribution is 5.85. The summed E-state index contributed by atoms with van der Waals surface area (Å²) in [5.74, 6) is 1.01. The SMILES string of the molecule is CNCCCC(=O)NCCOc1c(C)cccc1C.Cl. The first-order chi connectivity index (χ1) is 9.15. The van der Waals surface area contributed by atoms with Gasteiger partial charge in [-0.25, -0.2) is 0 Å². The Morgan fingerprint density at radius 3 is 2.45 bits per heavy atom. The number of para-hydroxylation sites is 1. The van der Waals surface area contributed by atoms with E-state index >= 15 is 0 Å². The standard InChI is InChI=1S/C15H24N2O2.ClH/c1-12-6-4-7-13(2)15(12)19-11-10-17-14(18)8-5-9-16-3;/h4,6-7,16H,5,8-11H2,1-3H3,(H,17,18);1H. The molecule has 4 nitrogen and oxygen atoms in total. The van der Waals surface area contributed by atoms with Crippen molar-refractivity contribution in [2.75, 3.05) is 26.7 Å². The molecule has 0 saturated carbocycles. The monoisotopic (exact) mass is 300 g/mol. The van der Waals surface area contributed by atoms with E-state index in [1.807, 2.05) is 39.1 Å². The van der Waals surface area contributed by atoms with Gasteiger partial charge in [0.15, 0.2) is 0 Å². The fourth-order valence-corrected chi connectivity index (χ4v) is 1.88. The van der Waals surface area contributed by atoms with Crippen molar-refractivity contribution >= 4 is 18.3 Å². The number of carbonyl (C=O) groups excluding carboxylic acids is 1. The predicted octanol–water partition coefficient (Wildman–Crippen LogP) is 2.22. The molecule has 1 rings (SSSR count). The Labute approximate surface area is 127 Å². The molecule has 0 fully saturated rings. The molecule has 0 aliphatic heterocycles. The lowest BCUT2D eigenvalue weighted by Crippen LogP contribution is -2.28. The maximum absolute atomic E-state index is 11.5. The van der Waals surface area contributed by atoms with E-state index in [2.05, 4.69) is 10.6 Å². The van der Waals surface area contributed by atoms with Gasteiger partial charge in [-0.15, -0.1) is 12.4 Å². The van der Waals surface area contributed by atoms with E-state index in [1.54, 1.807) is 0 Å². The van der Waals surface area contributed by atoms with Crippen LogP contribution in [0, 0.1) is 13.8 Å². The van der Waals surface area contributed by atoms with Crippen molar-refractivity contribution in [1.29, 1.82) is 0 Å². The minimum atomic E-state index is 0. The second kappa shape index (κ2) is 10.5. The summed E-state index contributed by atoms with van der Waals surface area (Å²) in [6.45, 7) is 5.97. The van der Waals surface area contributed by atoms with E-state index in [0.29, 0.717) is 19.6 Å². The van der Waals surface area contributed by atoms with Gasteiger partial charge >= 0.3 is 0 Å². The van der Waals surface area contributed by atoms with Gasteiger partial charge in [0.1, 0.15) is 12.4 Å². The molecule has 0 aromatic heterocycles. The second-order valence-electron chi connectivity index (χ2n) is 4.63. The van der Waals surface area contributed by atoms with Crippen molar-refractivity contribution in [3.8, 4) is 5.75 Å². The number of aryl methyl sites for hydroxylation is 2. The summed E-state index contributed by atoms with van der Waals surface area (Å²) in [6, 6.07) is 6.07. The Hall–Kier alpha value is -1.26. The van der Waals surface area contributed by atoms with Crippen LogP contribution in [0.25, 0.3) is 0 Å². The van der Waals surface area contributed by atoms with Gasteiger partial charge in [-0.05, 0) is 45.0 Å². The van der Waals surface area contributed by atoms with Crippen LogP contribution in [0.4, 0.5) is 0 Å². The third-order valence-corrected chi connectivity index (χ3v) is 2.91. The maximum Gasteiger partial charge on any atom is 0.220 e. The van der Waals surface area contributed by atoms with Gasteiger partial charge in [0.2, 0.25) is 5.91 Å². The molecule has 20 heavy (non-hydrogen) atoms. The van der Waals surface area contributed by atoms with Crippen LogP contribution in [0.2, 0.25) is 0 Å². The summed E-state index contributed by atoms with van der Waals surface area (Å²) < 4.78 is 5.72. The molecule has 0 unspecified atom stereocenters. The minimum absolute atomic E-state index is 0. The number of halogens is 1. The first kappa shape index (κ1) is 18.7. The number of hydrogen-bond donors (Lipinski definition) is 2. The third-order valence-electron chi connectivity index (χ3n) is 2.91. The van der Waals surface area contributed by atoms with Crippen LogP contribution >= 0.6 is 12.4 Å². The molecular formula is C15H25ClN2O2. The summed E-state index contributed by atoms with van der Waals surface area (Å²) in [7, 11) is 1.89. The van der Waals surface area contributed by atoms with Gasteiger partial charge in [0, 0.05) is 6.42 Å². The van der Waals surface area contributed by atoms with E-state index < -0.39 is 0 Å². The van der Waals surface area contributed by atoms with Crippen LogP contribution in [0.1, 0.15) is 24.0 Å². The first-order valence-electron chi connectivity index (χ1n) is 6.75. The van der Waals surface area contributed by atoms with Gasteiger partial charge in [0.05, 0.1) is 6.54 Å². The van der Waals surface area contributed by atoms with Crippen LogP contribution < -0.4 is 15.4 Å². The van der Waals surface area contributed by atoms with Crippen LogP contribution in [0.15, 0.2) is 18.2 Å². The van der Waals surface area contributed by atoms with E-state index in [-0.39, 0.29) is 18.3 Å². The zero-order valence-corrected chi connectivity index (χ0v) is 13.3. The Kier molecular flexibility index (Phi) is 9.86. The Balaban J connectivity index is 0.00000361. The second-order valence-corrected chi connectivity index (χ2v) is 4.63. The Morgan fingerprint density at radius 1 is 1.20 bits per heavy atom. The molecule has 1 aromatic carbocycles. The quantitative estimate of drug-likeness (QED) is 0.724. The van der Waals surface area contributed by atoms with E-state index in [0.717, 1.165) is 29.8 Å². The third kappa shape index (κ3) is 6.78. The number of rotatable bonds is 8. The molecule has 5 heteroatoms. The molecule has 0 saturated heterocycles. The molecule has 0 spiro atoms. The fraction of sp³-hybridized carbons (Fsp3) is 0.533. The van der Waals surface area contributed by atoms with Gasteiger partial charge in [0.25, 0.3) is 0 Å². The molecule has 1 amide bonds. The highest BCUT2D eigenvalue weighted by atomic mass is 35.5. The summed E-state index contributed by atoms with van der Waals surface area (Å²) in [5.41, 5.74) is 2.25. The highest BCUT2D eigenvalue weighted by Gasteiger charge is 2.03. The van der Waals surface area contributed by atoms with Crippen molar-refractivity contribution in [3.63, 3.8) is 0 Å². The number of carbonyl (C=O) groups is 1. The average Bonchev–Trinajstić information content (AvgIpc) is 2.37. The largest absolute Gasteiger partial charge is 0.491 e. The van der Waals surface area contributed by atoms with E-state index in [4.69, 9.17) is 4.74 Å². The van der Waals surface area contributed by atoms with Crippen LogP contribution in [0.3, 0.4) is 0 Å². The summed E-state index contributed by atoms with van der Waals surface area (Å²) in [5, 5.41) is 5.88. The number of benzene rings is 1. The smallest absolute Gasteiger partial charge is 0.220 e. The summed E-state index contributed by atoms with van der Waals surface area (Å²) in [6.07, 6.45) is 1.42. The predicted molar refractivity (Wildman–Crippen MR) is 84.8 cm³/mol. The molecule has 0 atom stereocenters. The number of hydrogen-bond acceptors (Lipinski definition) is 3. The minimum Gasteiger partial charge on any atom is -0.491 e. The molecule has 0 bridgehead atoms. The zero-order chi connectivity index (χ0) is 14.1. The lowest BCUT2D eigenvalue weighted by atomic mass is 10.1. The van der Waals surface area contributed by atoms with E-state index in [1.165, 1.54) is 0 Å². The maximum atomic E-state index is 11.5. The first-order valence-corrected chi connectivity index (χ1v) is 6.75. The average molecular weight is 301 g/mol. The number of amides is 1. The molecule has 0 aliphatic rings. The zero-order valence-electron chi connectivity index (χ0n) is 12.5. The topological polar surface area (TPSA) is 50.4 Å². The number of nitrogens with one attached hydrogen (secondary N) is 2.